The molecule has 12 heteroatoms. The minimum atomic E-state index is -0.487. The van der Waals surface area contributed by atoms with E-state index < -0.39 is 5.56 Å². The van der Waals surface area contributed by atoms with Crippen molar-refractivity contribution in [1.82, 2.24) is 19.9 Å². The van der Waals surface area contributed by atoms with E-state index in [9.17, 15) is 9.59 Å². The van der Waals surface area contributed by atoms with Crippen LogP contribution in [0.1, 0.15) is 18.4 Å². The van der Waals surface area contributed by atoms with E-state index in [4.69, 9.17) is 25.6 Å². The summed E-state index contributed by atoms with van der Waals surface area (Å²) in [6.45, 7) is 1.20. The van der Waals surface area contributed by atoms with Crippen LogP contribution >= 0.6 is 11.6 Å². The first kappa shape index (κ1) is 24.5. The second-order valence-electron chi connectivity index (χ2n) is 8.35. The number of nitrogens with one attached hydrogen (secondary N) is 2. The predicted octanol–water partition coefficient (Wildman–Crippen LogP) is 4.23. The zero-order valence-electron chi connectivity index (χ0n) is 19.6. The van der Waals surface area contributed by atoms with Crippen LogP contribution in [0.3, 0.4) is 0 Å². The van der Waals surface area contributed by atoms with Gasteiger partial charge in [0.15, 0.2) is 0 Å². The van der Waals surface area contributed by atoms with Crippen molar-refractivity contribution in [3.8, 4) is 11.6 Å². The maximum absolute atomic E-state index is 13.4. The Hall–Kier alpha value is -4.22. The monoisotopic (exact) mass is 522 g/mol. The molecule has 37 heavy (non-hydrogen) atoms. The van der Waals surface area contributed by atoms with Crippen molar-refractivity contribution in [2.75, 3.05) is 23.8 Å². The average Bonchev–Trinajstić information content (AvgIpc) is 3.43. The molecule has 0 aliphatic carbocycles. The minimum absolute atomic E-state index is 0.132. The number of halogens is 1. The summed E-state index contributed by atoms with van der Waals surface area (Å²) in [5, 5.41) is 18.3. The second-order valence-corrected chi connectivity index (χ2v) is 8.79. The molecule has 1 aliphatic rings. The van der Waals surface area contributed by atoms with Gasteiger partial charge in [0.25, 0.3) is 11.4 Å². The van der Waals surface area contributed by atoms with E-state index in [-0.39, 0.29) is 30.1 Å². The summed E-state index contributed by atoms with van der Waals surface area (Å²) in [6, 6.07) is 15.7. The Kier molecular flexibility index (Phi) is 7.43. The van der Waals surface area contributed by atoms with E-state index in [0.717, 1.165) is 5.56 Å². The number of nitrogens with zero attached hydrogens (tertiary/aromatic N) is 4. The van der Waals surface area contributed by atoms with Gasteiger partial charge in [0.1, 0.15) is 12.0 Å². The van der Waals surface area contributed by atoms with Crippen molar-refractivity contribution in [2.45, 2.75) is 19.4 Å². The molecule has 0 spiro atoms. The van der Waals surface area contributed by atoms with E-state index >= 15 is 0 Å². The molecule has 1 saturated heterocycles. The largest absolute Gasteiger partial charge is 0.436 e. The first-order valence-corrected chi connectivity index (χ1v) is 12.0. The van der Waals surface area contributed by atoms with Crippen molar-refractivity contribution in [3.63, 3.8) is 0 Å². The van der Waals surface area contributed by atoms with Gasteiger partial charge in [-0.3, -0.25) is 14.2 Å². The first-order valence-electron chi connectivity index (χ1n) is 11.6. The third-order valence-electron chi connectivity index (χ3n) is 5.78. The summed E-state index contributed by atoms with van der Waals surface area (Å²) in [5.74, 6) is 0.449. The lowest BCUT2D eigenvalue weighted by atomic mass is 9.99. The van der Waals surface area contributed by atoms with E-state index in [2.05, 4.69) is 26.0 Å². The molecule has 0 atom stereocenters. The van der Waals surface area contributed by atoms with Crippen LogP contribution in [0.4, 0.5) is 17.5 Å². The van der Waals surface area contributed by atoms with Gasteiger partial charge in [0.2, 0.25) is 17.7 Å². The van der Waals surface area contributed by atoms with Gasteiger partial charge in [0, 0.05) is 35.9 Å². The maximum Gasteiger partial charge on any atom is 0.298 e. The van der Waals surface area contributed by atoms with Gasteiger partial charge >= 0.3 is 0 Å². The molecule has 1 fully saturated rings. The number of anilines is 3. The third-order valence-corrected chi connectivity index (χ3v) is 6.03. The van der Waals surface area contributed by atoms with Gasteiger partial charge in [-0.15, -0.1) is 10.2 Å². The predicted molar refractivity (Wildman–Crippen MR) is 135 cm³/mol. The summed E-state index contributed by atoms with van der Waals surface area (Å²) in [7, 11) is 0. The quantitative estimate of drug-likeness (QED) is 0.348. The number of hydrogen-bond acceptors (Lipinski definition) is 9. The molecule has 4 aromatic rings. The topological polar surface area (TPSA) is 133 Å². The molecular weight excluding hydrogens is 500 g/mol. The lowest BCUT2D eigenvalue weighted by molar-refractivity contribution is -0.122. The fraction of sp³-hybridized carbons (Fsp3) is 0.240. The molecule has 3 heterocycles. The fourth-order valence-corrected chi connectivity index (χ4v) is 3.92. The van der Waals surface area contributed by atoms with Crippen molar-refractivity contribution in [2.24, 2.45) is 5.92 Å². The van der Waals surface area contributed by atoms with Crippen LogP contribution in [0, 0.1) is 5.92 Å². The minimum Gasteiger partial charge on any atom is -0.436 e. The smallest absolute Gasteiger partial charge is 0.298 e. The molecule has 2 aromatic carbocycles. The molecule has 190 valence electrons. The molecule has 5 rings (SSSR count). The average molecular weight is 523 g/mol. The molecule has 0 radical (unpaired) electrons. The van der Waals surface area contributed by atoms with E-state index in [1.54, 1.807) is 42.5 Å². The number of benzene rings is 2. The van der Waals surface area contributed by atoms with Gasteiger partial charge in [-0.25, -0.2) is 0 Å². The van der Waals surface area contributed by atoms with Crippen LogP contribution in [-0.4, -0.2) is 39.0 Å². The van der Waals surface area contributed by atoms with Crippen molar-refractivity contribution < 1.29 is 18.8 Å². The number of carbonyl (C=O) groups is 1. The number of aromatic nitrogens is 4. The van der Waals surface area contributed by atoms with Crippen LogP contribution in [0.5, 0.6) is 11.6 Å². The Morgan fingerprint density at radius 3 is 2.51 bits per heavy atom. The molecule has 0 unspecified atom stereocenters. The van der Waals surface area contributed by atoms with Gasteiger partial charge in [-0.05, 0) is 60.0 Å². The first-order chi connectivity index (χ1) is 18.0. The third kappa shape index (κ3) is 6.13. The Balaban J connectivity index is 1.40. The van der Waals surface area contributed by atoms with Crippen molar-refractivity contribution in [1.29, 1.82) is 0 Å². The molecule has 11 nitrogen and oxygen atoms in total. The molecule has 2 N–H and O–H groups in total. The summed E-state index contributed by atoms with van der Waals surface area (Å²) in [5.41, 5.74) is 0.976. The summed E-state index contributed by atoms with van der Waals surface area (Å²) < 4.78 is 17.1. The highest BCUT2D eigenvalue weighted by molar-refractivity contribution is 6.30. The van der Waals surface area contributed by atoms with E-state index in [1.165, 1.54) is 10.8 Å². The highest BCUT2D eigenvalue weighted by atomic mass is 35.5. The van der Waals surface area contributed by atoms with E-state index in [0.29, 0.717) is 48.4 Å². The van der Waals surface area contributed by atoms with Gasteiger partial charge in [-0.1, -0.05) is 23.7 Å². The van der Waals surface area contributed by atoms with Crippen LogP contribution in [0.2, 0.25) is 5.02 Å². The molecule has 0 bridgehead atoms. The second kappa shape index (κ2) is 11.2. The molecule has 2 aromatic heterocycles. The lowest BCUT2D eigenvalue weighted by Crippen LogP contribution is -2.34. The molecular formula is C25H23ClN6O5. The highest BCUT2D eigenvalue weighted by Crippen LogP contribution is 2.23. The molecule has 1 aliphatic heterocycles. The van der Waals surface area contributed by atoms with Crippen LogP contribution < -0.4 is 20.9 Å². The Labute approximate surface area is 216 Å². The molecule has 0 saturated carbocycles. The van der Waals surface area contributed by atoms with Gasteiger partial charge < -0.3 is 24.6 Å². The number of amides is 1. The number of hydrogen-bond donors (Lipinski definition) is 2. The lowest BCUT2D eigenvalue weighted by Gasteiger charge is -2.21. The molecule has 1 amide bonds. The maximum atomic E-state index is 13.4. The Morgan fingerprint density at radius 1 is 1.05 bits per heavy atom. The number of carbonyl (C=O) groups excluding carboxylic acids is 1. The fourth-order valence-electron chi connectivity index (χ4n) is 3.80. The highest BCUT2D eigenvalue weighted by Gasteiger charge is 2.24. The van der Waals surface area contributed by atoms with Gasteiger partial charge in [0.05, 0.1) is 6.54 Å². The standard InChI is InChI=1S/C25H23ClN6O5/c26-18-3-1-16(2-4-18)15-32-24(34)22(28-23(33)17-9-12-35-13-10-17)29-30-25(32)27-19-5-7-20(8-6-19)37-21-11-14-36-31-21/h1-8,11,14,17H,9-10,12-13,15H2,(H,27,30)(H,28,29,33). The summed E-state index contributed by atoms with van der Waals surface area (Å²) >= 11 is 6.02. The van der Waals surface area contributed by atoms with Crippen molar-refractivity contribution >= 4 is 35.0 Å². The summed E-state index contributed by atoms with van der Waals surface area (Å²) in [6.07, 6.45) is 2.60. The Bertz CT molecular complexity index is 1400. The zero-order chi connectivity index (χ0) is 25.6. The Morgan fingerprint density at radius 2 is 1.81 bits per heavy atom. The number of ether oxygens (including phenoxy) is 2. The van der Waals surface area contributed by atoms with Crippen LogP contribution in [0.15, 0.2) is 70.2 Å². The van der Waals surface area contributed by atoms with Crippen molar-refractivity contribution in [3.05, 3.63) is 81.8 Å². The normalized spacial score (nSPS) is 13.8. The van der Waals surface area contributed by atoms with Crippen LogP contribution in [-0.2, 0) is 16.1 Å². The van der Waals surface area contributed by atoms with E-state index in [1.807, 2.05) is 12.1 Å². The SMILES string of the molecule is O=C(Nc1nnc(Nc2ccc(Oc3ccon3)cc2)n(Cc2ccc(Cl)cc2)c1=O)C1CCOCC1. The summed E-state index contributed by atoms with van der Waals surface area (Å²) in [4.78, 5) is 26.1. The van der Waals surface area contributed by atoms with Crippen LogP contribution in [0.25, 0.3) is 0 Å². The zero-order valence-corrected chi connectivity index (χ0v) is 20.4. The number of rotatable bonds is 8. The van der Waals surface area contributed by atoms with Gasteiger partial charge in [-0.2, -0.15) is 0 Å².